The number of ether oxygens (including phenoxy) is 1. The maximum Gasteiger partial charge on any atom is 0.343 e. The van der Waals surface area contributed by atoms with Crippen LogP contribution in [0, 0.1) is 11.6 Å². The highest BCUT2D eigenvalue weighted by atomic mass is 35.5. The van der Waals surface area contributed by atoms with Crippen molar-refractivity contribution in [2.45, 2.75) is 32.9 Å². The maximum absolute atomic E-state index is 15.0. The van der Waals surface area contributed by atoms with Gasteiger partial charge < -0.3 is 29.2 Å². The zero-order chi connectivity index (χ0) is 40.8. The molecule has 0 amide bonds. The van der Waals surface area contributed by atoms with Crippen molar-refractivity contribution in [3.05, 3.63) is 159 Å². The number of fused-ring (bicyclic) bond motifs is 2. The second-order valence-corrected chi connectivity index (χ2v) is 13.9. The number of esters is 1. The van der Waals surface area contributed by atoms with Gasteiger partial charge in [0.25, 0.3) is 0 Å². The summed E-state index contributed by atoms with van der Waals surface area (Å²) in [5.41, 5.74) is 0.0852. The van der Waals surface area contributed by atoms with Gasteiger partial charge in [-0.05, 0) is 78.4 Å². The molecule has 6 aromatic rings. The Morgan fingerprint density at radius 1 is 0.696 bits per heavy atom. The smallest absolute Gasteiger partial charge is 0.343 e. The zero-order valence-electron chi connectivity index (χ0n) is 29.4. The minimum Gasteiger partial charge on any atom is -0.477 e. The van der Waals surface area contributed by atoms with Crippen molar-refractivity contribution >= 4 is 80.1 Å². The quantitative estimate of drug-likeness (QED) is 0.111. The summed E-state index contributed by atoms with van der Waals surface area (Å²) >= 11 is 24.4. The largest absolute Gasteiger partial charge is 0.477 e. The van der Waals surface area contributed by atoms with Crippen LogP contribution in [0.1, 0.15) is 49.9 Å². The van der Waals surface area contributed by atoms with E-state index in [-0.39, 0.29) is 73.1 Å². The minimum atomic E-state index is -1.42. The fourth-order valence-corrected chi connectivity index (χ4v) is 6.95. The van der Waals surface area contributed by atoms with Crippen LogP contribution in [-0.4, -0.2) is 56.2 Å². The van der Waals surface area contributed by atoms with Crippen LogP contribution in [-0.2, 0) is 30.7 Å². The van der Waals surface area contributed by atoms with Gasteiger partial charge in [0, 0.05) is 36.3 Å². The van der Waals surface area contributed by atoms with Gasteiger partial charge in [-0.3, -0.25) is 9.59 Å². The molecule has 4 aromatic carbocycles. The second kappa shape index (κ2) is 18.4. The number of benzene rings is 4. The van der Waals surface area contributed by atoms with Gasteiger partial charge in [-0.1, -0.05) is 70.7 Å². The number of carboxylic acid groups (broad SMARTS) is 1. The summed E-state index contributed by atoms with van der Waals surface area (Å²) in [6, 6.07) is 15.7. The zero-order valence-corrected chi connectivity index (χ0v) is 32.4. The summed E-state index contributed by atoms with van der Waals surface area (Å²) in [6.07, 6.45) is 2.72. The third kappa shape index (κ3) is 9.07. The van der Waals surface area contributed by atoms with Crippen molar-refractivity contribution < 1.29 is 38.4 Å². The van der Waals surface area contributed by atoms with Crippen molar-refractivity contribution in [3.63, 3.8) is 0 Å². The van der Waals surface area contributed by atoms with E-state index in [9.17, 15) is 43.3 Å². The molecule has 2 aromatic heterocycles. The van der Waals surface area contributed by atoms with E-state index >= 15 is 0 Å². The number of aliphatic hydroxyl groups excluding tert-OH is 2. The molecule has 0 aliphatic carbocycles. The Morgan fingerprint density at radius 3 is 1.54 bits per heavy atom. The number of hydrogen-bond acceptors (Lipinski definition) is 7. The number of halogens is 6. The van der Waals surface area contributed by atoms with Gasteiger partial charge in [-0.2, -0.15) is 0 Å². The third-order valence-corrected chi connectivity index (χ3v) is 10.3. The number of carboxylic acids is 1. The maximum atomic E-state index is 15.0. The molecule has 292 valence electrons. The number of aliphatic hydroxyl groups is 2. The molecule has 0 saturated carbocycles. The standard InChI is InChI=1S/C21H18Cl2FNO4.C19H14Cl2FNO4/c1-2-29-21(28)15-11-25(6-7-26)19-14(20(15)27)9-12(10-17(19)24)8-13-4-3-5-16(22)18(13)23;20-14-3-1-2-11(16(14)21)6-10-7-12-17(15(22)8-10)23(4-5-24)9-13(18(12)25)19(26)27/h3-5,9-11,26H,2,6-8H2,1H3;1-3,7-9,24H,4-6H2,(H,26,27). The Hall–Kier alpha value is -4.82. The number of carbonyl (C=O) groups excluding carboxylic acids is 1. The number of nitrogens with zero attached hydrogens (tertiary/aromatic N) is 2. The molecular formula is C40H32Cl4F2N2O8. The van der Waals surface area contributed by atoms with Gasteiger partial charge in [0.1, 0.15) is 22.8 Å². The number of aromatic nitrogens is 2. The van der Waals surface area contributed by atoms with Crippen LogP contribution in [0.5, 0.6) is 0 Å². The van der Waals surface area contributed by atoms with Crippen molar-refractivity contribution in [2.75, 3.05) is 19.8 Å². The summed E-state index contributed by atoms with van der Waals surface area (Å²) < 4.78 is 37.2. The molecule has 0 radical (unpaired) electrons. The van der Waals surface area contributed by atoms with Crippen LogP contribution < -0.4 is 10.9 Å². The molecule has 0 atom stereocenters. The van der Waals surface area contributed by atoms with Crippen molar-refractivity contribution in [1.82, 2.24) is 9.13 Å². The number of pyridine rings is 2. The molecule has 0 aliphatic heterocycles. The minimum absolute atomic E-state index is 0.0121. The molecule has 0 bridgehead atoms. The lowest BCUT2D eigenvalue weighted by molar-refractivity contribution is 0.0523. The Labute approximate surface area is 337 Å². The Bertz CT molecular complexity index is 2610. The molecular weight excluding hydrogens is 816 g/mol. The molecule has 3 N–H and O–H groups in total. The predicted molar refractivity (Wildman–Crippen MR) is 212 cm³/mol. The first-order valence-electron chi connectivity index (χ1n) is 16.9. The lowest BCUT2D eigenvalue weighted by Gasteiger charge is -2.14. The molecule has 0 fully saturated rings. The highest BCUT2D eigenvalue weighted by molar-refractivity contribution is 6.43. The van der Waals surface area contributed by atoms with Gasteiger partial charge in [-0.25, -0.2) is 18.4 Å². The summed E-state index contributed by atoms with van der Waals surface area (Å²) in [7, 11) is 0. The fraction of sp³-hybridized carbons (Fsp3) is 0.200. The van der Waals surface area contributed by atoms with Crippen LogP contribution in [0.4, 0.5) is 8.78 Å². The lowest BCUT2D eigenvalue weighted by Crippen LogP contribution is -2.22. The van der Waals surface area contributed by atoms with Crippen LogP contribution >= 0.6 is 46.4 Å². The van der Waals surface area contributed by atoms with Gasteiger partial charge in [-0.15, -0.1) is 0 Å². The fourth-order valence-electron chi connectivity index (χ4n) is 6.18. The summed E-state index contributed by atoms with van der Waals surface area (Å²) in [4.78, 5) is 49.0. The van der Waals surface area contributed by atoms with Gasteiger partial charge in [0.05, 0.1) is 50.9 Å². The first kappa shape index (κ1) is 42.3. The Morgan fingerprint density at radius 2 is 1.12 bits per heavy atom. The van der Waals surface area contributed by atoms with Gasteiger partial charge in [0.15, 0.2) is 0 Å². The average molecular weight is 849 g/mol. The summed E-state index contributed by atoms with van der Waals surface area (Å²) in [5, 5.41) is 29.1. The topological polar surface area (TPSA) is 148 Å². The van der Waals surface area contributed by atoms with Crippen LogP contribution in [0.2, 0.25) is 20.1 Å². The molecule has 0 spiro atoms. The molecule has 16 heteroatoms. The number of hydrogen-bond donors (Lipinski definition) is 3. The van der Waals surface area contributed by atoms with E-state index in [4.69, 9.17) is 51.1 Å². The van der Waals surface area contributed by atoms with Crippen LogP contribution in [0.25, 0.3) is 21.8 Å². The van der Waals surface area contributed by atoms with Crippen LogP contribution in [0.15, 0.2) is 82.6 Å². The average Bonchev–Trinajstić information content (AvgIpc) is 3.14. The first-order chi connectivity index (χ1) is 26.7. The molecule has 6 rings (SSSR count). The monoisotopic (exact) mass is 846 g/mol. The normalized spacial score (nSPS) is 11.1. The molecule has 0 aliphatic rings. The van der Waals surface area contributed by atoms with E-state index in [1.807, 2.05) is 0 Å². The van der Waals surface area contributed by atoms with Gasteiger partial charge in [0.2, 0.25) is 10.9 Å². The molecule has 10 nitrogen and oxygen atoms in total. The van der Waals surface area contributed by atoms with E-state index in [0.29, 0.717) is 42.3 Å². The van der Waals surface area contributed by atoms with E-state index in [0.717, 1.165) is 6.20 Å². The predicted octanol–water partition coefficient (Wildman–Crippen LogP) is 7.94. The third-order valence-electron chi connectivity index (χ3n) is 8.63. The van der Waals surface area contributed by atoms with E-state index in [1.54, 1.807) is 43.3 Å². The summed E-state index contributed by atoms with van der Waals surface area (Å²) in [5.74, 6) is -3.55. The van der Waals surface area contributed by atoms with Crippen LogP contribution in [0.3, 0.4) is 0 Å². The van der Waals surface area contributed by atoms with Crippen molar-refractivity contribution in [1.29, 1.82) is 0 Å². The molecule has 56 heavy (non-hydrogen) atoms. The summed E-state index contributed by atoms with van der Waals surface area (Å²) in [6.45, 7) is 1.05. The van der Waals surface area contributed by atoms with E-state index in [1.165, 1.54) is 39.6 Å². The lowest BCUT2D eigenvalue weighted by atomic mass is 10.0. The highest BCUT2D eigenvalue weighted by Gasteiger charge is 2.21. The number of carbonyl (C=O) groups is 2. The van der Waals surface area contributed by atoms with E-state index in [2.05, 4.69) is 0 Å². The molecule has 2 heterocycles. The first-order valence-corrected chi connectivity index (χ1v) is 18.4. The second-order valence-electron chi connectivity index (χ2n) is 12.3. The number of rotatable bonds is 11. The SMILES string of the molecule is CCOC(=O)c1cn(CCO)c2c(F)cc(Cc3cccc(Cl)c3Cl)cc2c1=O.O=C(O)c1cn(CCO)c2c(F)cc(Cc3cccc(Cl)c3Cl)cc2c1=O. The van der Waals surface area contributed by atoms with Crippen molar-refractivity contribution in [2.24, 2.45) is 0 Å². The highest BCUT2D eigenvalue weighted by Crippen LogP contribution is 2.30. The molecule has 0 saturated heterocycles. The van der Waals surface area contributed by atoms with Gasteiger partial charge >= 0.3 is 11.9 Å². The molecule has 0 unspecified atom stereocenters. The Balaban J connectivity index is 0.000000215. The Kier molecular flexibility index (Phi) is 13.9. The van der Waals surface area contributed by atoms with E-state index < -0.39 is 40.0 Å². The van der Waals surface area contributed by atoms with Crippen molar-refractivity contribution in [3.8, 4) is 0 Å². The number of aromatic carboxylic acids is 1.